The van der Waals surface area contributed by atoms with Crippen molar-refractivity contribution in [1.29, 1.82) is 0 Å². The molecule has 4 heteroatoms. The van der Waals surface area contributed by atoms with Crippen LogP contribution in [0.5, 0.6) is 0 Å². The first-order valence-corrected chi connectivity index (χ1v) is 7.25. The Kier molecular flexibility index (Phi) is 4.81. The summed E-state index contributed by atoms with van der Waals surface area (Å²) in [5.74, 6) is -0.727. The third kappa shape index (κ3) is 4.32. The standard InChI is InChI=1S/C18H21FN2O/c1-18(2,3)13-8-10-14(11-9-13)20-12-17(22)21-16-7-5-4-6-15(16)19/h4-11,20H,12H2,1-3H3,(H,21,22). The van der Waals surface area contributed by atoms with Gasteiger partial charge in [-0.2, -0.15) is 0 Å². The summed E-state index contributed by atoms with van der Waals surface area (Å²) in [6, 6.07) is 14.1. The van der Waals surface area contributed by atoms with Crippen LogP contribution in [0.3, 0.4) is 0 Å². The molecule has 0 unspecified atom stereocenters. The van der Waals surface area contributed by atoms with Crippen molar-refractivity contribution in [2.45, 2.75) is 26.2 Å². The third-order valence-electron chi connectivity index (χ3n) is 3.35. The van der Waals surface area contributed by atoms with Crippen molar-refractivity contribution in [3.63, 3.8) is 0 Å². The molecule has 2 rings (SSSR count). The van der Waals surface area contributed by atoms with E-state index in [2.05, 4.69) is 31.4 Å². The van der Waals surface area contributed by atoms with Gasteiger partial charge in [0.15, 0.2) is 0 Å². The highest BCUT2D eigenvalue weighted by Gasteiger charge is 2.13. The van der Waals surface area contributed by atoms with Crippen LogP contribution in [0.2, 0.25) is 0 Å². The summed E-state index contributed by atoms with van der Waals surface area (Å²) in [6.45, 7) is 6.54. The minimum absolute atomic E-state index is 0.0865. The fourth-order valence-corrected chi connectivity index (χ4v) is 2.03. The summed E-state index contributed by atoms with van der Waals surface area (Å²) in [7, 11) is 0. The molecule has 0 aliphatic heterocycles. The largest absolute Gasteiger partial charge is 0.376 e. The van der Waals surface area contributed by atoms with Crippen molar-refractivity contribution in [3.8, 4) is 0 Å². The van der Waals surface area contributed by atoms with Crippen LogP contribution in [-0.4, -0.2) is 12.5 Å². The second-order valence-corrected chi connectivity index (χ2v) is 6.21. The van der Waals surface area contributed by atoms with Crippen molar-refractivity contribution >= 4 is 17.3 Å². The number of amides is 1. The van der Waals surface area contributed by atoms with E-state index in [0.717, 1.165) is 5.69 Å². The quantitative estimate of drug-likeness (QED) is 0.889. The molecule has 0 saturated carbocycles. The molecule has 116 valence electrons. The molecular formula is C18H21FN2O. The second kappa shape index (κ2) is 6.60. The number of nitrogens with one attached hydrogen (secondary N) is 2. The second-order valence-electron chi connectivity index (χ2n) is 6.21. The summed E-state index contributed by atoms with van der Waals surface area (Å²) >= 11 is 0. The van der Waals surface area contributed by atoms with Gasteiger partial charge in [0.1, 0.15) is 5.82 Å². The van der Waals surface area contributed by atoms with Gasteiger partial charge < -0.3 is 10.6 Å². The average Bonchev–Trinajstić information content (AvgIpc) is 2.47. The predicted octanol–water partition coefficient (Wildman–Crippen LogP) is 4.17. The van der Waals surface area contributed by atoms with E-state index in [1.807, 2.05) is 24.3 Å². The molecule has 22 heavy (non-hydrogen) atoms. The Balaban J connectivity index is 1.90. The van der Waals surface area contributed by atoms with Gasteiger partial charge in [0.25, 0.3) is 0 Å². The van der Waals surface area contributed by atoms with Crippen LogP contribution < -0.4 is 10.6 Å². The number of halogens is 1. The minimum atomic E-state index is -0.439. The Bertz CT molecular complexity index is 645. The zero-order valence-corrected chi connectivity index (χ0v) is 13.1. The van der Waals surface area contributed by atoms with Crippen LogP contribution >= 0.6 is 0 Å². The maximum absolute atomic E-state index is 13.4. The molecule has 2 N–H and O–H groups in total. The van der Waals surface area contributed by atoms with E-state index >= 15 is 0 Å². The van der Waals surface area contributed by atoms with Crippen molar-refractivity contribution in [2.75, 3.05) is 17.2 Å². The zero-order valence-electron chi connectivity index (χ0n) is 13.1. The number of carbonyl (C=O) groups is 1. The Morgan fingerprint density at radius 3 is 2.27 bits per heavy atom. The molecule has 0 radical (unpaired) electrons. The SMILES string of the molecule is CC(C)(C)c1ccc(NCC(=O)Nc2ccccc2F)cc1. The number of benzene rings is 2. The van der Waals surface area contributed by atoms with Crippen LogP contribution in [0.25, 0.3) is 0 Å². The summed E-state index contributed by atoms with van der Waals surface area (Å²) in [5, 5.41) is 5.57. The van der Waals surface area contributed by atoms with Crippen LogP contribution in [0.15, 0.2) is 48.5 Å². The first kappa shape index (κ1) is 16.0. The molecule has 0 aromatic heterocycles. The third-order valence-corrected chi connectivity index (χ3v) is 3.35. The molecule has 0 fully saturated rings. The molecule has 0 spiro atoms. The van der Waals surface area contributed by atoms with Crippen molar-refractivity contribution in [2.24, 2.45) is 0 Å². The first-order valence-electron chi connectivity index (χ1n) is 7.25. The van der Waals surface area contributed by atoms with E-state index in [1.54, 1.807) is 12.1 Å². The molecule has 0 aliphatic rings. The monoisotopic (exact) mass is 300 g/mol. The van der Waals surface area contributed by atoms with Gasteiger partial charge in [0.2, 0.25) is 5.91 Å². The number of carbonyl (C=O) groups excluding carboxylic acids is 1. The molecule has 0 saturated heterocycles. The number of hydrogen-bond acceptors (Lipinski definition) is 2. The topological polar surface area (TPSA) is 41.1 Å². The maximum Gasteiger partial charge on any atom is 0.243 e. The molecule has 0 aliphatic carbocycles. The van der Waals surface area contributed by atoms with Crippen LogP contribution in [0.4, 0.5) is 15.8 Å². The Hall–Kier alpha value is -2.36. The molecule has 3 nitrogen and oxygen atoms in total. The minimum Gasteiger partial charge on any atom is -0.376 e. The van der Waals surface area contributed by atoms with Crippen molar-refractivity contribution < 1.29 is 9.18 Å². The molecule has 1 amide bonds. The molecular weight excluding hydrogens is 279 g/mol. The average molecular weight is 300 g/mol. The van der Waals surface area contributed by atoms with Crippen LogP contribution in [0, 0.1) is 5.82 Å². The number of rotatable bonds is 4. The van der Waals surface area contributed by atoms with Gasteiger partial charge >= 0.3 is 0 Å². The summed E-state index contributed by atoms with van der Waals surface area (Å²) in [5.41, 5.74) is 2.38. The number of para-hydroxylation sites is 1. The fraction of sp³-hybridized carbons (Fsp3) is 0.278. The lowest BCUT2D eigenvalue weighted by Crippen LogP contribution is -2.22. The van der Waals surface area contributed by atoms with E-state index in [4.69, 9.17) is 0 Å². The van der Waals surface area contributed by atoms with Crippen molar-refractivity contribution in [1.82, 2.24) is 0 Å². The van der Waals surface area contributed by atoms with Crippen LogP contribution in [-0.2, 0) is 10.2 Å². The van der Waals surface area contributed by atoms with Gasteiger partial charge in [0, 0.05) is 5.69 Å². The van der Waals surface area contributed by atoms with E-state index < -0.39 is 5.82 Å². The zero-order chi connectivity index (χ0) is 16.2. The summed E-state index contributed by atoms with van der Waals surface area (Å²) in [6.07, 6.45) is 0. The normalized spacial score (nSPS) is 11.1. The summed E-state index contributed by atoms with van der Waals surface area (Å²) in [4.78, 5) is 11.8. The van der Waals surface area contributed by atoms with E-state index in [1.165, 1.54) is 17.7 Å². The number of anilines is 2. The molecule has 2 aromatic rings. The van der Waals surface area contributed by atoms with Gasteiger partial charge in [-0.25, -0.2) is 4.39 Å². The Morgan fingerprint density at radius 2 is 1.68 bits per heavy atom. The van der Waals surface area contributed by atoms with E-state index in [-0.39, 0.29) is 23.6 Å². The Morgan fingerprint density at radius 1 is 1.05 bits per heavy atom. The molecule has 0 bridgehead atoms. The van der Waals surface area contributed by atoms with E-state index in [0.29, 0.717) is 0 Å². The lowest BCUT2D eigenvalue weighted by molar-refractivity contribution is -0.114. The first-order chi connectivity index (χ1) is 10.4. The summed E-state index contributed by atoms with van der Waals surface area (Å²) < 4.78 is 13.4. The fourth-order valence-electron chi connectivity index (χ4n) is 2.03. The highest BCUT2D eigenvalue weighted by atomic mass is 19.1. The van der Waals surface area contributed by atoms with Gasteiger partial charge in [-0.05, 0) is 35.2 Å². The smallest absolute Gasteiger partial charge is 0.243 e. The lowest BCUT2D eigenvalue weighted by Gasteiger charge is -2.19. The van der Waals surface area contributed by atoms with E-state index in [9.17, 15) is 9.18 Å². The van der Waals surface area contributed by atoms with Gasteiger partial charge in [-0.1, -0.05) is 45.0 Å². The Labute approximate surface area is 130 Å². The molecule has 0 atom stereocenters. The van der Waals surface area contributed by atoms with Gasteiger partial charge in [-0.3, -0.25) is 4.79 Å². The predicted molar refractivity (Wildman–Crippen MR) is 88.7 cm³/mol. The number of hydrogen-bond donors (Lipinski definition) is 2. The lowest BCUT2D eigenvalue weighted by atomic mass is 9.87. The van der Waals surface area contributed by atoms with Gasteiger partial charge in [0.05, 0.1) is 12.2 Å². The molecule has 2 aromatic carbocycles. The highest BCUT2D eigenvalue weighted by Crippen LogP contribution is 2.23. The molecule has 0 heterocycles. The van der Waals surface area contributed by atoms with Gasteiger partial charge in [-0.15, -0.1) is 0 Å². The van der Waals surface area contributed by atoms with Crippen molar-refractivity contribution in [3.05, 3.63) is 59.9 Å². The van der Waals surface area contributed by atoms with Crippen LogP contribution in [0.1, 0.15) is 26.3 Å². The highest BCUT2D eigenvalue weighted by molar-refractivity contribution is 5.93. The maximum atomic E-state index is 13.4.